The molecule has 7 nitrogen and oxygen atoms in total. The van der Waals surface area contributed by atoms with E-state index in [1.54, 1.807) is 6.07 Å². The first kappa shape index (κ1) is 11.9. The van der Waals surface area contributed by atoms with Crippen LogP contribution in [-0.2, 0) is 0 Å². The third-order valence-corrected chi connectivity index (χ3v) is 3.38. The summed E-state index contributed by atoms with van der Waals surface area (Å²) in [4.78, 5) is 16.6. The van der Waals surface area contributed by atoms with E-state index in [-0.39, 0.29) is 11.7 Å². The Balaban J connectivity index is 1.91. The second-order valence-electron chi connectivity index (χ2n) is 4.73. The minimum Gasteiger partial charge on any atom is -0.423 e. The number of nitro benzene ring substituents is 1. The first-order valence-corrected chi connectivity index (χ1v) is 6.19. The summed E-state index contributed by atoms with van der Waals surface area (Å²) < 4.78 is 5.60. The number of piperidine rings is 1. The molecular weight excluding hydrogens is 248 g/mol. The number of aromatic nitrogens is 1. The summed E-state index contributed by atoms with van der Waals surface area (Å²) in [7, 11) is 0. The molecule has 1 fully saturated rings. The van der Waals surface area contributed by atoms with E-state index in [2.05, 4.69) is 4.98 Å². The van der Waals surface area contributed by atoms with E-state index in [9.17, 15) is 10.1 Å². The molecule has 1 aromatic heterocycles. The fraction of sp³-hybridized carbons (Fsp3) is 0.417. The maximum Gasteiger partial charge on any atom is 0.298 e. The molecular formula is C12H14N4O3. The molecule has 0 atom stereocenters. The minimum absolute atomic E-state index is 0.0101. The number of hydrogen-bond donors (Lipinski definition) is 1. The van der Waals surface area contributed by atoms with Crippen LogP contribution in [0.3, 0.4) is 0 Å². The van der Waals surface area contributed by atoms with E-state index in [1.165, 1.54) is 12.1 Å². The number of benzene rings is 1. The third kappa shape index (κ3) is 2.24. The van der Waals surface area contributed by atoms with Gasteiger partial charge in [-0.25, -0.2) is 0 Å². The second-order valence-corrected chi connectivity index (χ2v) is 4.73. The van der Waals surface area contributed by atoms with Crippen molar-refractivity contribution in [3.63, 3.8) is 0 Å². The maximum atomic E-state index is 10.7. The summed E-state index contributed by atoms with van der Waals surface area (Å²) >= 11 is 0. The molecule has 0 radical (unpaired) electrons. The van der Waals surface area contributed by atoms with Crippen molar-refractivity contribution in [2.75, 3.05) is 18.0 Å². The number of anilines is 1. The van der Waals surface area contributed by atoms with Gasteiger partial charge in [-0.05, 0) is 18.9 Å². The van der Waals surface area contributed by atoms with Crippen molar-refractivity contribution >= 4 is 22.8 Å². The molecule has 0 bridgehead atoms. The lowest BCUT2D eigenvalue weighted by atomic mass is 10.1. The molecule has 0 aliphatic carbocycles. The van der Waals surface area contributed by atoms with Crippen LogP contribution in [-0.4, -0.2) is 29.0 Å². The zero-order chi connectivity index (χ0) is 13.4. The molecule has 1 aromatic carbocycles. The quantitative estimate of drug-likeness (QED) is 0.652. The molecule has 0 saturated carbocycles. The number of oxazole rings is 1. The van der Waals surface area contributed by atoms with Gasteiger partial charge in [0.05, 0.1) is 11.0 Å². The van der Waals surface area contributed by atoms with Gasteiger partial charge >= 0.3 is 0 Å². The Bertz CT molecular complexity index is 616. The first-order valence-electron chi connectivity index (χ1n) is 6.19. The fourth-order valence-electron chi connectivity index (χ4n) is 2.24. The van der Waals surface area contributed by atoms with Gasteiger partial charge in [0.2, 0.25) is 0 Å². The molecule has 2 N–H and O–H groups in total. The van der Waals surface area contributed by atoms with Gasteiger partial charge < -0.3 is 15.1 Å². The fourth-order valence-corrected chi connectivity index (χ4v) is 2.24. The topological polar surface area (TPSA) is 98.4 Å². The molecule has 19 heavy (non-hydrogen) atoms. The predicted octanol–water partition coefficient (Wildman–Crippen LogP) is 1.66. The van der Waals surface area contributed by atoms with Crippen LogP contribution in [0, 0.1) is 10.1 Å². The summed E-state index contributed by atoms with van der Waals surface area (Å²) in [6.07, 6.45) is 1.80. The van der Waals surface area contributed by atoms with Crippen molar-refractivity contribution in [3.05, 3.63) is 28.3 Å². The average molecular weight is 262 g/mol. The van der Waals surface area contributed by atoms with Crippen LogP contribution in [0.1, 0.15) is 12.8 Å². The molecule has 2 heterocycles. The number of rotatable bonds is 2. The highest BCUT2D eigenvalue weighted by Crippen LogP contribution is 2.27. The second kappa shape index (κ2) is 4.51. The molecule has 7 heteroatoms. The van der Waals surface area contributed by atoms with Crippen molar-refractivity contribution in [3.8, 4) is 0 Å². The van der Waals surface area contributed by atoms with Crippen LogP contribution in [0.2, 0.25) is 0 Å². The lowest BCUT2D eigenvalue weighted by molar-refractivity contribution is -0.384. The summed E-state index contributed by atoms with van der Waals surface area (Å²) in [5.74, 6) is 0. The normalized spacial score (nSPS) is 17.0. The molecule has 0 spiro atoms. The van der Waals surface area contributed by atoms with Crippen LogP contribution >= 0.6 is 0 Å². The van der Waals surface area contributed by atoms with Gasteiger partial charge in [0, 0.05) is 25.2 Å². The number of non-ortho nitro benzene ring substituents is 1. The zero-order valence-corrected chi connectivity index (χ0v) is 10.3. The number of nitrogens with two attached hydrogens (primary N) is 1. The lowest BCUT2D eigenvalue weighted by Gasteiger charge is -2.28. The summed E-state index contributed by atoms with van der Waals surface area (Å²) in [6, 6.07) is 5.20. The van der Waals surface area contributed by atoms with E-state index in [4.69, 9.17) is 10.2 Å². The van der Waals surface area contributed by atoms with Gasteiger partial charge in [-0.3, -0.25) is 10.1 Å². The lowest BCUT2D eigenvalue weighted by Crippen LogP contribution is -2.39. The monoisotopic (exact) mass is 262 g/mol. The molecule has 1 aliphatic rings. The van der Waals surface area contributed by atoms with Crippen molar-refractivity contribution in [2.24, 2.45) is 5.73 Å². The molecule has 100 valence electrons. The van der Waals surface area contributed by atoms with E-state index in [0.29, 0.717) is 17.1 Å². The standard InChI is InChI=1S/C12H14N4O3/c13-8-3-5-15(6-4-8)12-14-10-2-1-9(16(17)18)7-11(10)19-12/h1-2,7-8H,3-6,13H2. The summed E-state index contributed by atoms with van der Waals surface area (Å²) in [5.41, 5.74) is 6.94. The number of nitro groups is 1. The highest BCUT2D eigenvalue weighted by molar-refractivity contribution is 5.77. The smallest absolute Gasteiger partial charge is 0.298 e. The molecule has 2 aromatic rings. The molecule has 3 rings (SSSR count). The summed E-state index contributed by atoms with van der Waals surface area (Å²) in [6.45, 7) is 1.60. The van der Waals surface area contributed by atoms with Crippen molar-refractivity contribution < 1.29 is 9.34 Å². The Morgan fingerprint density at radius 1 is 1.42 bits per heavy atom. The Labute approximate surface area is 109 Å². The van der Waals surface area contributed by atoms with Gasteiger partial charge in [0.1, 0.15) is 5.52 Å². The molecule has 0 unspecified atom stereocenters. The number of hydrogen-bond acceptors (Lipinski definition) is 6. The summed E-state index contributed by atoms with van der Waals surface area (Å²) in [5, 5.41) is 10.7. The predicted molar refractivity (Wildman–Crippen MR) is 70.1 cm³/mol. The Kier molecular flexibility index (Phi) is 2.83. The Morgan fingerprint density at radius 3 is 2.84 bits per heavy atom. The highest BCUT2D eigenvalue weighted by Gasteiger charge is 2.21. The van der Waals surface area contributed by atoms with Crippen molar-refractivity contribution in [1.29, 1.82) is 0 Å². The van der Waals surface area contributed by atoms with Gasteiger partial charge in [0.25, 0.3) is 11.7 Å². The van der Waals surface area contributed by atoms with E-state index < -0.39 is 4.92 Å². The van der Waals surface area contributed by atoms with Crippen LogP contribution in [0.15, 0.2) is 22.6 Å². The molecule has 1 saturated heterocycles. The SMILES string of the molecule is NC1CCN(c2nc3ccc([N+](=O)[O-])cc3o2)CC1. The van der Waals surface area contributed by atoms with Crippen LogP contribution < -0.4 is 10.6 Å². The van der Waals surface area contributed by atoms with Crippen molar-refractivity contribution in [1.82, 2.24) is 4.98 Å². The van der Waals surface area contributed by atoms with Gasteiger partial charge in [-0.15, -0.1) is 0 Å². The Hall–Kier alpha value is -2.15. The number of fused-ring (bicyclic) bond motifs is 1. The van der Waals surface area contributed by atoms with Gasteiger partial charge in [-0.2, -0.15) is 4.98 Å². The molecule has 0 amide bonds. The highest BCUT2D eigenvalue weighted by atomic mass is 16.6. The van der Waals surface area contributed by atoms with Crippen LogP contribution in [0.5, 0.6) is 0 Å². The third-order valence-electron chi connectivity index (χ3n) is 3.38. The minimum atomic E-state index is -0.443. The zero-order valence-electron chi connectivity index (χ0n) is 10.3. The molecule has 1 aliphatic heterocycles. The van der Waals surface area contributed by atoms with Gasteiger partial charge in [0.15, 0.2) is 5.58 Å². The Morgan fingerprint density at radius 2 is 2.16 bits per heavy atom. The largest absolute Gasteiger partial charge is 0.423 e. The van der Waals surface area contributed by atoms with E-state index in [1.807, 2.05) is 4.90 Å². The maximum absolute atomic E-state index is 10.7. The van der Waals surface area contributed by atoms with Crippen LogP contribution in [0.4, 0.5) is 11.7 Å². The van der Waals surface area contributed by atoms with Crippen LogP contribution in [0.25, 0.3) is 11.1 Å². The van der Waals surface area contributed by atoms with E-state index in [0.717, 1.165) is 25.9 Å². The average Bonchev–Trinajstić information content (AvgIpc) is 2.82. The van der Waals surface area contributed by atoms with E-state index >= 15 is 0 Å². The van der Waals surface area contributed by atoms with Crippen molar-refractivity contribution in [2.45, 2.75) is 18.9 Å². The van der Waals surface area contributed by atoms with Gasteiger partial charge in [-0.1, -0.05) is 0 Å². The first-order chi connectivity index (χ1) is 9.13. The number of nitrogens with zero attached hydrogens (tertiary/aromatic N) is 3.